The van der Waals surface area contributed by atoms with Crippen molar-refractivity contribution in [1.82, 2.24) is 9.78 Å². The first-order valence-electron chi connectivity index (χ1n) is 3.56. The lowest BCUT2D eigenvalue weighted by molar-refractivity contribution is 0.630. The molecular formula is C8H8FN3. The first kappa shape index (κ1) is 7.09. The van der Waals surface area contributed by atoms with Gasteiger partial charge in [0.25, 0.3) is 0 Å². The van der Waals surface area contributed by atoms with E-state index in [0.29, 0.717) is 5.52 Å². The monoisotopic (exact) mass is 165 g/mol. The van der Waals surface area contributed by atoms with Gasteiger partial charge in [0.1, 0.15) is 5.52 Å². The van der Waals surface area contributed by atoms with Crippen LogP contribution in [-0.4, -0.2) is 9.78 Å². The van der Waals surface area contributed by atoms with Gasteiger partial charge in [-0.05, 0) is 12.1 Å². The molecule has 0 fully saturated rings. The molecule has 0 aliphatic heterocycles. The van der Waals surface area contributed by atoms with Crippen LogP contribution in [0.5, 0.6) is 0 Å². The Morgan fingerprint density at radius 2 is 2.25 bits per heavy atom. The maximum Gasteiger partial charge on any atom is 0.171 e. The first-order valence-corrected chi connectivity index (χ1v) is 3.56. The van der Waals surface area contributed by atoms with Crippen LogP contribution >= 0.6 is 0 Å². The lowest BCUT2D eigenvalue weighted by Gasteiger charge is -1.98. The van der Waals surface area contributed by atoms with Crippen LogP contribution in [0.2, 0.25) is 0 Å². The molecule has 0 spiro atoms. The molecule has 0 saturated carbocycles. The minimum absolute atomic E-state index is 0.158. The molecule has 62 valence electrons. The fourth-order valence-corrected chi connectivity index (χ4v) is 1.23. The summed E-state index contributed by atoms with van der Waals surface area (Å²) in [6.07, 6.45) is 1.61. The van der Waals surface area contributed by atoms with Crippen molar-refractivity contribution >= 4 is 16.6 Å². The molecule has 0 atom stereocenters. The number of nitrogens with two attached hydrogens (primary N) is 1. The van der Waals surface area contributed by atoms with Crippen molar-refractivity contribution in [2.24, 2.45) is 7.05 Å². The number of anilines is 1. The van der Waals surface area contributed by atoms with Gasteiger partial charge in [0.2, 0.25) is 0 Å². The first-order chi connectivity index (χ1) is 5.70. The van der Waals surface area contributed by atoms with E-state index in [-0.39, 0.29) is 5.69 Å². The normalized spacial score (nSPS) is 10.8. The van der Waals surface area contributed by atoms with Crippen LogP contribution < -0.4 is 5.73 Å². The van der Waals surface area contributed by atoms with E-state index < -0.39 is 5.82 Å². The van der Waals surface area contributed by atoms with E-state index in [9.17, 15) is 4.39 Å². The Bertz CT molecular complexity index is 433. The van der Waals surface area contributed by atoms with Gasteiger partial charge >= 0.3 is 0 Å². The number of nitrogen functional groups attached to an aromatic ring is 1. The molecule has 0 aliphatic carbocycles. The molecule has 0 bridgehead atoms. The molecule has 0 amide bonds. The quantitative estimate of drug-likeness (QED) is 0.598. The number of rotatable bonds is 0. The van der Waals surface area contributed by atoms with Crippen molar-refractivity contribution in [2.45, 2.75) is 0 Å². The van der Waals surface area contributed by atoms with Crippen LogP contribution in [0.3, 0.4) is 0 Å². The number of aromatic nitrogens is 2. The molecule has 0 saturated heterocycles. The number of halogens is 1. The number of fused-ring (bicyclic) bond motifs is 1. The average Bonchev–Trinajstić information content (AvgIpc) is 2.41. The van der Waals surface area contributed by atoms with Crippen LogP contribution in [-0.2, 0) is 7.05 Å². The van der Waals surface area contributed by atoms with Gasteiger partial charge in [0, 0.05) is 12.4 Å². The van der Waals surface area contributed by atoms with Crippen molar-refractivity contribution in [1.29, 1.82) is 0 Å². The molecular weight excluding hydrogens is 157 g/mol. The second-order valence-electron chi connectivity index (χ2n) is 2.67. The fraction of sp³-hybridized carbons (Fsp3) is 0.125. The van der Waals surface area contributed by atoms with Gasteiger partial charge in [-0.1, -0.05) is 0 Å². The summed E-state index contributed by atoms with van der Waals surface area (Å²) in [6.45, 7) is 0. The van der Waals surface area contributed by atoms with Gasteiger partial charge in [-0.15, -0.1) is 0 Å². The molecule has 1 aromatic carbocycles. The van der Waals surface area contributed by atoms with Crippen LogP contribution in [0.4, 0.5) is 10.1 Å². The summed E-state index contributed by atoms with van der Waals surface area (Å²) < 4.78 is 14.8. The molecule has 1 aromatic heterocycles. The van der Waals surface area contributed by atoms with E-state index in [1.807, 2.05) is 0 Å². The molecule has 2 N–H and O–H groups in total. The van der Waals surface area contributed by atoms with E-state index in [4.69, 9.17) is 5.73 Å². The minimum Gasteiger partial charge on any atom is -0.396 e. The fourth-order valence-electron chi connectivity index (χ4n) is 1.23. The van der Waals surface area contributed by atoms with E-state index in [2.05, 4.69) is 5.10 Å². The zero-order chi connectivity index (χ0) is 8.72. The van der Waals surface area contributed by atoms with E-state index in [1.165, 1.54) is 4.68 Å². The van der Waals surface area contributed by atoms with Gasteiger partial charge in [0.15, 0.2) is 5.82 Å². The standard InChI is InChI=1S/C8H8FN3/c1-12-8-5(4-11-12)2-3-6(10)7(8)9/h2-4H,10H2,1H3. The highest BCUT2D eigenvalue weighted by Crippen LogP contribution is 2.21. The Labute approximate surface area is 68.6 Å². The van der Waals surface area contributed by atoms with Crippen molar-refractivity contribution < 1.29 is 4.39 Å². The SMILES string of the molecule is Cn1ncc2ccc(N)c(F)c21. The molecule has 0 aliphatic rings. The topological polar surface area (TPSA) is 43.8 Å². The number of benzene rings is 1. The number of nitrogens with zero attached hydrogens (tertiary/aromatic N) is 2. The van der Waals surface area contributed by atoms with E-state index >= 15 is 0 Å². The number of hydrogen-bond acceptors (Lipinski definition) is 2. The predicted octanol–water partition coefficient (Wildman–Crippen LogP) is 1.29. The minimum atomic E-state index is -0.396. The van der Waals surface area contributed by atoms with Gasteiger partial charge in [-0.25, -0.2) is 4.39 Å². The molecule has 4 heteroatoms. The second kappa shape index (κ2) is 2.20. The van der Waals surface area contributed by atoms with Gasteiger partial charge < -0.3 is 5.73 Å². The molecule has 0 radical (unpaired) electrons. The third-order valence-electron chi connectivity index (χ3n) is 1.87. The van der Waals surface area contributed by atoms with Gasteiger partial charge in [0.05, 0.1) is 11.9 Å². The Kier molecular flexibility index (Phi) is 1.30. The molecule has 0 unspecified atom stereocenters. The number of aryl methyl sites for hydroxylation is 1. The average molecular weight is 165 g/mol. The van der Waals surface area contributed by atoms with Crippen LogP contribution in [0.25, 0.3) is 10.9 Å². The molecule has 3 nitrogen and oxygen atoms in total. The lowest BCUT2D eigenvalue weighted by atomic mass is 10.2. The lowest BCUT2D eigenvalue weighted by Crippen LogP contribution is -1.96. The molecule has 12 heavy (non-hydrogen) atoms. The summed E-state index contributed by atoms with van der Waals surface area (Å²) in [5.41, 5.74) is 6.01. The molecule has 1 heterocycles. The maximum absolute atomic E-state index is 13.3. The second-order valence-corrected chi connectivity index (χ2v) is 2.67. The summed E-state index contributed by atoms with van der Waals surface area (Å²) in [4.78, 5) is 0. The van der Waals surface area contributed by atoms with Crippen molar-refractivity contribution in [3.8, 4) is 0 Å². The van der Waals surface area contributed by atoms with Crippen molar-refractivity contribution in [2.75, 3.05) is 5.73 Å². The highest BCUT2D eigenvalue weighted by molar-refractivity contribution is 5.82. The number of hydrogen-bond donors (Lipinski definition) is 1. The third kappa shape index (κ3) is 0.777. The molecule has 2 rings (SSSR count). The predicted molar refractivity (Wildman–Crippen MR) is 45.1 cm³/mol. The van der Waals surface area contributed by atoms with Crippen molar-refractivity contribution in [3.63, 3.8) is 0 Å². The Hall–Kier alpha value is -1.58. The Morgan fingerprint density at radius 1 is 1.50 bits per heavy atom. The Balaban J connectivity index is 2.96. The zero-order valence-corrected chi connectivity index (χ0v) is 6.58. The third-order valence-corrected chi connectivity index (χ3v) is 1.87. The summed E-state index contributed by atoms with van der Waals surface area (Å²) in [5.74, 6) is -0.396. The zero-order valence-electron chi connectivity index (χ0n) is 6.58. The largest absolute Gasteiger partial charge is 0.396 e. The highest BCUT2D eigenvalue weighted by atomic mass is 19.1. The van der Waals surface area contributed by atoms with E-state index in [1.54, 1.807) is 25.4 Å². The van der Waals surface area contributed by atoms with Crippen LogP contribution in [0.15, 0.2) is 18.3 Å². The smallest absolute Gasteiger partial charge is 0.171 e. The summed E-state index contributed by atoms with van der Waals surface area (Å²) in [5, 5.41) is 4.69. The summed E-state index contributed by atoms with van der Waals surface area (Å²) in [6, 6.07) is 3.29. The van der Waals surface area contributed by atoms with Crippen LogP contribution in [0.1, 0.15) is 0 Å². The van der Waals surface area contributed by atoms with Crippen LogP contribution in [0, 0.1) is 5.82 Å². The Morgan fingerprint density at radius 3 is 3.00 bits per heavy atom. The van der Waals surface area contributed by atoms with Crippen molar-refractivity contribution in [3.05, 3.63) is 24.1 Å². The summed E-state index contributed by atoms with van der Waals surface area (Å²) in [7, 11) is 1.69. The van der Waals surface area contributed by atoms with E-state index in [0.717, 1.165) is 5.39 Å². The highest BCUT2D eigenvalue weighted by Gasteiger charge is 2.07. The van der Waals surface area contributed by atoms with Gasteiger partial charge in [-0.2, -0.15) is 5.10 Å². The molecule has 2 aromatic rings. The summed E-state index contributed by atoms with van der Waals surface area (Å²) >= 11 is 0. The maximum atomic E-state index is 13.3. The van der Waals surface area contributed by atoms with Gasteiger partial charge in [-0.3, -0.25) is 4.68 Å².